The van der Waals surface area contributed by atoms with Crippen molar-refractivity contribution in [1.82, 2.24) is 0 Å². The highest BCUT2D eigenvalue weighted by Gasteiger charge is 2.32. The van der Waals surface area contributed by atoms with Crippen LogP contribution in [0.4, 0.5) is 13.2 Å². The minimum Gasteiger partial charge on any atom is -0.478 e. The van der Waals surface area contributed by atoms with Crippen molar-refractivity contribution >= 4 is 28.0 Å². The first-order valence-corrected chi connectivity index (χ1v) is 5.04. The predicted octanol–water partition coefficient (Wildman–Crippen LogP) is 3.45. The van der Waals surface area contributed by atoms with Crippen LogP contribution < -0.4 is 4.74 Å². The Morgan fingerprint density at radius 2 is 2.06 bits per heavy atom. The van der Waals surface area contributed by atoms with E-state index in [0.29, 0.717) is 4.47 Å². The molecule has 17 heavy (non-hydrogen) atoms. The topological polar surface area (TPSA) is 46.5 Å². The van der Waals surface area contributed by atoms with Crippen LogP contribution in [0.5, 0.6) is 5.75 Å². The lowest BCUT2D eigenvalue weighted by Crippen LogP contribution is -2.17. The Bertz CT molecular complexity index is 455. The van der Waals surface area contributed by atoms with Crippen molar-refractivity contribution < 1.29 is 27.8 Å². The highest BCUT2D eigenvalue weighted by molar-refractivity contribution is 9.10. The molecule has 7 heteroatoms. The van der Waals surface area contributed by atoms with E-state index < -0.39 is 18.1 Å². The molecule has 0 aromatic heterocycles. The Hall–Kier alpha value is -1.50. The number of carbonyl (C=O) groups is 1. The van der Waals surface area contributed by atoms with E-state index in [0.717, 1.165) is 18.2 Å². The average molecular weight is 311 g/mol. The lowest BCUT2D eigenvalue weighted by Gasteiger charge is -2.12. The molecule has 0 radical (unpaired) electrons. The average Bonchev–Trinajstić information content (AvgIpc) is 2.13. The fraction of sp³-hybridized carbons (Fsp3) is 0.100. The van der Waals surface area contributed by atoms with E-state index in [-0.39, 0.29) is 5.56 Å². The summed E-state index contributed by atoms with van der Waals surface area (Å²) in [6, 6.07) is 3.92. The number of carboxylic acid groups (broad SMARTS) is 1. The Morgan fingerprint density at radius 3 is 2.59 bits per heavy atom. The summed E-state index contributed by atoms with van der Waals surface area (Å²) in [7, 11) is 0. The van der Waals surface area contributed by atoms with Crippen LogP contribution >= 0.6 is 15.9 Å². The molecule has 92 valence electrons. The second-order valence-corrected chi connectivity index (χ2v) is 3.73. The van der Waals surface area contributed by atoms with Gasteiger partial charge in [0, 0.05) is 16.1 Å². The van der Waals surface area contributed by atoms with Gasteiger partial charge in [-0.2, -0.15) is 0 Å². The van der Waals surface area contributed by atoms with Crippen molar-refractivity contribution in [3.8, 4) is 5.75 Å². The normalized spacial score (nSPS) is 11.8. The van der Waals surface area contributed by atoms with E-state index in [1.54, 1.807) is 0 Å². The van der Waals surface area contributed by atoms with Gasteiger partial charge in [-0.3, -0.25) is 0 Å². The summed E-state index contributed by atoms with van der Waals surface area (Å²) in [6.45, 7) is 0. The van der Waals surface area contributed by atoms with Crippen LogP contribution in [-0.2, 0) is 4.79 Å². The summed E-state index contributed by atoms with van der Waals surface area (Å²) in [5.74, 6) is -1.73. The van der Waals surface area contributed by atoms with Crippen LogP contribution in [0.25, 0.3) is 6.08 Å². The van der Waals surface area contributed by atoms with Crippen molar-refractivity contribution in [2.75, 3.05) is 0 Å². The maximum absolute atomic E-state index is 12.1. The standard InChI is InChI=1S/C10H6BrF3O3/c11-7-2-1-3-8(17-10(12,13)14)6(7)4-5-9(15)16/h1-5H,(H,15,16)/b5-4+. The van der Waals surface area contributed by atoms with Crippen LogP contribution in [0.3, 0.4) is 0 Å². The maximum Gasteiger partial charge on any atom is 0.573 e. The molecule has 0 spiro atoms. The third-order valence-corrected chi connectivity index (χ3v) is 2.32. The van der Waals surface area contributed by atoms with Gasteiger partial charge in [0.2, 0.25) is 0 Å². The number of halogens is 4. The van der Waals surface area contributed by atoms with Crippen molar-refractivity contribution in [2.45, 2.75) is 6.36 Å². The highest BCUT2D eigenvalue weighted by Crippen LogP contribution is 2.32. The molecule has 3 nitrogen and oxygen atoms in total. The quantitative estimate of drug-likeness (QED) is 0.870. The molecule has 0 heterocycles. The van der Waals surface area contributed by atoms with Gasteiger partial charge in [0.05, 0.1) is 0 Å². The molecular formula is C10H6BrF3O3. The van der Waals surface area contributed by atoms with E-state index in [2.05, 4.69) is 20.7 Å². The molecule has 1 aromatic rings. The summed E-state index contributed by atoms with van der Waals surface area (Å²) < 4.78 is 40.3. The lowest BCUT2D eigenvalue weighted by atomic mass is 10.2. The summed E-state index contributed by atoms with van der Waals surface area (Å²) in [5, 5.41) is 8.42. The van der Waals surface area contributed by atoms with Crippen LogP contribution in [0.1, 0.15) is 5.56 Å². The van der Waals surface area contributed by atoms with Crippen LogP contribution in [-0.4, -0.2) is 17.4 Å². The van der Waals surface area contributed by atoms with Gasteiger partial charge in [-0.1, -0.05) is 22.0 Å². The third kappa shape index (κ3) is 4.48. The summed E-state index contributed by atoms with van der Waals surface area (Å²) in [4.78, 5) is 10.3. The van der Waals surface area contributed by atoms with Gasteiger partial charge in [-0.15, -0.1) is 13.2 Å². The number of benzene rings is 1. The van der Waals surface area contributed by atoms with Crippen LogP contribution in [0.15, 0.2) is 28.7 Å². The van der Waals surface area contributed by atoms with Gasteiger partial charge in [-0.25, -0.2) is 4.79 Å². The monoisotopic (exact) mass is 310 g/mol. The third-order valence-electron chi connectivity index (χ3n) is 1.63. The van der Waals surface area contributed by atoms with Gasteiger partial charge in [0.1, 0.15) is 5.75 Å². The van der Waals surface area contributed by atoms with Crippen molar-refractivity contribution in [2.24, 2.45) is 0 Å². The van der Waals surface area contributed by atoms with Gasteiger partial charge in [0.15, 0.2) is 0 Å². The van der Waals surface area contributed by atoms with Gasteiger partial charge < -0.3 is 9.84 Å². The number of aliphatic carboxylic acids is 1. The summed E-state index contributed by atoms with van der Waals surface area (Å²) >= 11 is 3.01. The van der Waals surface area contributed by atoms with E-state index in [9.17, 15) is 18.0 Å². The van der Waals surface area contributed by atoms with Gasteiger partial charge >= 0.3 is 12.3 Å². The smallest absolute Gasteiger partial charge is 0.478 e. The molecule has 0 saturated heterocycles. The SMILES string of the molecule is O=C(O)/C=C/c1c(Br)cccc1OC(F)(F)F. The first-order valence-electron chi connectivity index (χ1n) is 4.25. The van der Waals surface area contributed by atoms with Gasteiger partial charge in [-0.05, 0) is 18.2 Å². The molecule has 0 fully saturated rings. The number of hydrogen-bond acceptors (Lipinski definition) is 2. The first kappa shape index (κ1) is 13.6. The molecule has 0 amide bonds. The zero-order valence-corrected chi connectivity index (χ0v) is 9.75. The largest absolute Gasteiger partial charge is 0.573 e. The highest BCUT2D eigenvalue weighted by atomic mass is 79.9. The van der Waals surface area contributed by atoms with E-state index in [1.165, 1.54) is 12.1 Å². The zero-order valence-electron chi connectivity index (χ0n) is 8.16. The maximum atomic E-state index is 12.1. The molecule has 0 aliphatic heterocycles. The lowest BCUT2D eigenvalue weighted by molar-refractivity contribution is -0.274. The molecule has 0 aliphatic rings. The minimum absolute atomic E-state index is 0.00669. The van der Waals surface area contributed by atoms with Crippen molar-refractivity contribution in [1.29, 1.82) is 0 Å². The molecule has 0 atom stereocenters. The Balaban J connectivity index is 3.13. The van der Waals surface area contributed by atoms with Crippen molar-refractivity contribution in [3.63, 3.8) is 0 Å². The van der Waals surface area contributed by atoms with Crippen LogP contribution in [0, 0.1) is 0 Å². The summed E-state index contributed by atoms with van der Waals surface area (Å²) in [6.07, 6.45) is -3.08. The Morgan fingerprint density at radius 1 is 1.41 bits per heavy atom. The molecule has 0 saturated carbocycles. The second kappa shape index (κ2) is 5.22. The molecule has 1 rings (SSSR count). The van der Waals surface area contributed by atoms with E-state index in [1.807, 2.05) is 0 Å². The fourth-order valence-corrected chi connectivity index (χ4v) is 1.53. The number of hydrogen-bond donors (Lipinski definition) is 1. The predicted molar refractivity (Wildman–Crippen MR) is 57.5 cm³/mol. The Labute approximate surface area is 103 Å². The van der Waals surface area contributed by atoms with Gasteiger partial charge in [0.25, 0.3) is 0 Å². The molecular weight excluding hydrogens is 305 g/mol. The molecule has 1 aromatic carbocycles. The molecule has 0 unspecified atom stereocenters. The molecule has 0 bridgehead atoms. The molecule has 0 aliphatic carbocycles. The first-order chi connectivity index (χ1) is 7.79. The fourth-order valence-electron chi connectivity index (χ4n) is 1.05. The van der Waals surface area contributed by atoms with E-state index >= 15 is 0 Å². The Kier molecular flexibility index (Phi) is 4.17. The number of ether oxygens (including phenoxy) is 1. The number of alkyl halides is 3. The zero-order chi connectivity index (χ0) is 13.1. The number of carboxylic acids is 1. The second-order valence-electron chi connectivity index (χ2n) is 2.87. The summed E-state index contributed by atoms with van der Waals surface area (Å²) in [5.41, 5.74) is 0.00669. The van der Waals surface area contributed by atoms with Crippen molar-refractivity contribution in [3.05, 3.63) is 34.3 Å². The minimum atomic E-state index is -4.83. The van der Waals surface area contributed by atoms with E-state index in [4.69, 9.17) is 5.11 Å². The number of rotatable bonds is 3. The van der Waals surface area contributed by atoms with Crippen LogP contribution in [0.2, 0.25) is 0 Å². The molecule has 1 N–H and O–H groups in total.